The predicted molar refractivity (Wildman–Crippen MR) is 65.8 cm³/mol. The number of nitrogens with zero attached hydrogens (tertiary/aromatic N) is 2. The number of alkyl halides is 1. The van der Waals surface area contributed by atoms with Gasteiger partial charge in [-0.15, -0.1) is 0 Å². The molecule has 1 atom stereocenters. The quantitative estimate of drug-likeness (QED) is 0.488. The minimum absolute atomic E-state index is 0.0693. The minimum atomic E-state index is -0.431. The summed E-state index contributed by atoms with van der Waals surface area (Å²) in [6.07, 6.45) is 0.811. The highest BCUT2D eigenvalue weighted by atomic mass is 79.9. The van der Waals surface area contributed by atoms with Gasteiger partial charge in [-0.3, -0.25) is 14.9 Å². The van der Waals surface area contributed by atoms with Gasteiger partial charge in [0.25, 0.3) is 5.69 Å². The molecule has 0 unspecified atom stereocenters. The number of amides is 1. The number of non-ortho nitro benzene ring substituents is 1. The van der Waals surface area contributed by atoms with Gasteiger partial charge in [-0.25, -0.2) is 0 Å². The van der Waals surface area contributed by atoms with Crippen molar-refractivity contribution < 1.29 is 9.72 Å². The molecular weight excluding hydrogens is 288 g/mol. The number of hydrogen-bond donors (Lipinski definition) is 0. The third-order valence-corrected chi connectivity index (χ3v) is 3.60. The fraction of sp³-hybridized carbons (Fsp3) is 0.364. The third-order valence-electron chi connectivity index (χ3n) is 2.75. The van der Waals surface area contributed by atoms with Gasteiger partial charge in [-0.2, -0.15) is 0 Å². The normalized spacial score (nSPS) is 19.7. The zero-order valence-corrected chi connectivity index (χ0v) is 10.6. The van der Waals surface area contributed by atoms with E-state index in [1.54, 1.807) is 17.0 Å². The first-order valence-electron chi connectivity index (χ1n) is 5.24. The number of rotatable bonds is 3. The summed E-state index contributed by atoms with van der Waals surface area (Å²) < 4.78 is 0. The van der Waals surface area contributed by atoms with E-state index in [0.29, 0.717) is 6.54 Å². The number of likely N-dealkylation sites (tertiary alicyclic amines) is 1. The lowest BCUT2D eigenvalue weighted by atomic mass is 10.2. The van der Waals surface area contributed by atoms with Gasteiger partial charge in [0.05, 0.1) is 9.75 Å². The molecule has 0 saturated carbocycles. The fourth-order valence-corrected chi connectivity index (χ4v) is 2.30. The average molecular weight is 299 g/mol. The maximum atomic E-state index is 11.7. The second-order valence-corrected chi connectivity index (χ2v) is 5.04. The summed E-state index contributed by atoms with van der Waals surface area (Å²) in [5, 5.41) is 10.5. The summed E-state index contributed by atoms with van der Waals surface area (Å²) in [5.41, 5.74) is 0.977. The van der Waals surface area contributed by atoms with E-state index in [0.717, 1.165) is 18.5 Å². The standard InChI is InChI=1S/C11H11BrN2O3/c12-10-5-6-13(11(10)15)7-8-1-3-9(4-2-8)14(16)17/h1-4,10H,5-7H2/t10-/m0/s1. The number of halogens is 1. The molecule has 0 N–H and O–H groups in total. The molecule has 0 bridgehead atoms. The molecule has 0 spiro atoms. The van der Waals surface area contributed by atoms with E-state index in [2.05, 4.69) is 15.9 Å². The Morgan fingerprint density at radius 1 is 1.41 bits per heavy atom. The Balaban J connectivity index is 2.04. The molecule has 1 fully saturated rings. The summed E-state index contributed by atoms with van der Waals surface area (Å²) >= 11 is 3.31. The molecule has 1 aromatic carbocycles. The Morgan fingerprint density at radius 3 is 2.53 bits per heavy atom. The zero-order chi connectivity index (χ0) is 12.4. The fourth-order valence-electron chi connectivity index (χ4n) is 1.80. The Morgan fingerprint density at radius 2 is 2.06 bits per heavy atom. The first-order chi connectivity index (χ1) is 8.08. The summed E-state index contributed by atoms with van der Waals surface area (Å²) in [7, 11) is 0. The van der Waals surface area contributed by atoms with Gasteiger partial charge in [0, 0.05) is 25.2 Å². The van der Waals surface area contributed by atoms with Crippen LogP contribution in [0.1, 0.15) is 12.0 Å². The van der Waals surface area contributed by atoms with Crippen LogP contribution in [0.3, 0.4) is 0 Å². The lowest BCUT2D eigenvalue weighted by Crippen LogP contribution is -2.26. The van der Waals surface area contributed by atoms with Crippen LogP contribution in [0.4, 0.5) is 5.69 Å². The van der Waals surface area contributed by atoms with Crippen molar-refractivity contribution in [2.24, 2.45) is 0 Å². The molecule has 1 saturated heterocycles. The highest BCUT2D eigenvalue weighted by molar-refractivity contribution is 9.10. The van der Waals surface area contributed by atoms with Gasteiger partial charge in [-0.05, 0) is 12.0 Å². The summed E-state index contributed by atoms with van der Waals surface area (Å²) in [6, 6.07) is 6.29. The SMILES string of the molecule is O=C1[C@@H](Br)CCN1Cc1ccc([N+](=O)[O-])cc1. The number of carbonyl (C=O) groups excluding carboxylic acids is 1. The van der Waals surface area contributed by atoms with Crippen molar-refractivity contribution in [1.82, 2.24) is 4.90 Å². The smallest absolute Gasteiger partial charge is 0.269 e. The second-order valence-electron chi connectivity index (χ2n) is 3.94. The molecule has 2 rings (SSSR count). The molecule has 90 valence electrons. The van der Waals surface area contributed by atoms with Gasteiger partial charge in [0.15, 0.2) is 0 Å². The van der Waals surface area contributed by atoms with E-state index < -0.39 is 4.92 Å². The first kappa shape index (κ1) is 12.0. The van der Waals surface area contributed by atoms with Crippen LogP contribution in [0.5, 0.6) is 0 Å². The van der Waals surface area contributed by atoms with Gasteiger partial charge < -0.3 is 4.90 Å². The Labute approximate surface area is 107 Å². The van der Waals surface area contributed by atoms with Crippen molar-refractivity contribution in [3.05, 3.63) is 39.9 Å². The van der Waals surface area contributed by atoms with Crippen molar-refractivity contribution >= 4 is 27.5 Å². The van der Waals surface area contributed by atoms with Crippen LogP contribution >= 0.6 is 15.9 Å². The van der Waals surface area contributed by atoms with Gasteiger partial charge in [0.1, 0.15) is 0 Å². The Kier molecular flexibility index (Phi) is 3.42. The molecule has 5 nitrogen and oxygen atoms in total. The zero-order valence-electron chi connectivity index (χ0n) is 9.01. The van der Waals surface area contributed by atoms with E-state index in [-0.39, 0.29) is 16.4 Å². The lowest BCUT2D eigenvalue weighted by molar-refractivity contribution is -0.384. The maximum absolute atomic E-state index is 11.7. The van der Waals surface area contributed by atoms with E-state index >= 15 is 0 Å². The monoisotopic (exact) mass is 298 g/mol. The molecule has 1 aliphatic rings. The maximum Gasteiger partial charge on any atom is 0.269 e. The van der Waals surface area contributed by atoms with Crippen molar-refractivity contribution in [2.45, 2.75) is 17.8 Å². The van der Waals surface area contributed by atoms with Crippen molar-refractivity contribution in [2.75, 3.05) is 6.54 Å². The topological polar surface area (TPSA) is 63.5 Å². The number of nitro benzene ring substituents is 1. The summed E-state index contributed by atoms with van der Waals surface area (Å²) in [4.78, 5) is 23.4. The van der Waals surface area contributed by atoms with Crippen LogP contribution in [0.25, 0.3) is 0 Å². The summed E-state index contributed by atoms with van der Waals surface area (Å²) in [5.74, 6) is 0.0864. The molecule has 1 aromatic rings. The van der Waals surface area contributed by atoms with Crippen molar-refractivity contribution in [3.63, 3.8) is 0 Å². The van der Waals surface area contributed by atoms with Gasteiger partial charge >= 0.3 is 0 Å². The first-order valence-corrected chi connectivity index (χ1v) is 6.15. The summed E-state index contributed by atoms with van der Waals surface area (Å²) in [6.45, 7) is 1.24. The van der Waals surface area contributed by atoms with Crippen LogP contribution in [0.2, 0.25) is 0 Å². The van der Waals surface area contributed by atoms with E-state index in [4.69, 9.17) is 0 Å². The van der Waals surface area contributed by atoms with E-state index in [1.165, 1.54) is 12.1 Å². The minimum Gasteiger partial charge on any atom is -0.337 e. The van der Waals surface area contributed by atoms with Crippen molar-refractivity contribution in [1.29, 1.82) is 0 Å². The van der Waals surface area contributed by atoms with E-state index in [1.807, 2.05) is 0 Å². The molecule has 6 heteroatoms. The van der Waals surface area contributed by atoms with Gasteiger partial charge in [-0.1, -0.05) is 28.1 Å². The third kappa shape index (κ3) is 2.63. The Bertz CT molecular complexity index is 447. The largest absolute Gasteiger partial charge is 0.337 e. The molecule has 1 aliphatic heterocycles. The number of hydrogen-bond acceptors (Lipinski definition) is 3. The number of nitro groups is 1. The predicted octanol–water partition coefficient (Wildman–Crippen LogP) is 2.09. The highest BCUT2D eigenvalue weighted by Crippen LogP contribution is 2.21. The average Bonchev–Trinajstić information content (AvgIpc) is 2.62. The van der Waals surface area contributed by atoms with E-state index in [9.17, 15) is 14.9 Å². The molecule has 1 heterocycles. The highest BCUT2D eigenvalue weighted by Gasteiger charge is 2.29. The van der Waals surface area contributed by atoms with Crippen molar-refractivity contribution in [3.8, 4) is 0 Å². The molecule has 0 aliphatic carbocycles. The van der Waals surface area contributed by atoms with Crippen LogP contribution in [0.15, 0.2) is 24.3 Å². The molecule has 0 radical (unpaired) electrons. The lowest BCUT2D eigenvalue weighted by Gasteiger charge is -2.15. The van der Waals surface area contributed by atoms with Crippen LogP contribution < -0.4 is 0 Å². The molecule has 1 amide bonds. The Hall–Kier alpha value is -1.43. The van der Waals surface area contributed by atoms with Crippen LogP contribution in [-0.2, 0) is 11.3 Å². The number of carbonyl (C=O) groups is 1. The van der Waals surface area contributed by atoms with Crippen LogP contribution in [-0.4, -0.2) is 27.1 Å². The second kappa shape index (κ2) is 4.83. The van der Waals surface area contributed by atoms with Crippen LogP contribution in [0, 0.1) is 10.1 Å². The molecular formula is C11H11BrN2O3. The molecule has 17 heavy (non-hydrogen) atoms. The molecule has 0 aromatic heterocycles. The number of benzene rings is 1. The van der Waals surface area contributed by atoms with Gasteiger partial charge in [0.2, 0.25) is 5.91 Å².